The van der Waals surface area contributed by atoms with Crippen LogP contribution in [0, 0.1) is 5.92 Å². The summed E-state index contributed by atoms with van der Waals surface area (Å²) in [7, 11) is 0. The summed E-state index contributed by atoms with van der Waals surface area (Å²) < 4.78 is 5.46. The molecular formula is C25H26N2O5. The number of ether oxygens (including phenoxy) is 1. The molecule has 2 aliphatic rings. The summed E-state index contributed by atoms with van der Waals surface area (Å²) >= 11 is 0. The fourth-order valence-corrected chi connectivity index (χ4v) is 4.44. The molecule has 2 aromatic carbocycles. The van der Waals surface area contributed by atoms with Gasteiger partial charge in [-0.2, -0.15) is 0 Å². The monoisotopic (exact) mass is 434 g/mol. The number of likely N-dealkylation sites (tertiary alicyclic amines) is 1. The van der Waals surface area contributed by atoms with E-state index in [2.05, 4.69) is 29.6 Å². The van der Waals surface area contributed by atoms with Crippen molar-refractivity contribution in [1.82, 2.24) is 10.2 Å². The number of carbonyl (C=O) groups excluding carboxylic acids is 2. The maximum absolute atomic E-state index is 12.2. The Morgan fingerprint density at radius 2 is 1.72 bits per heavy atom. The molecule has 0 bridgehead atoms. The number of carbonyl (C=O) groups is 3. The van der Waals surface area contributed by atoms with Gasteiger partial charge in [-0.3, -0.25) is 9.59 Å². The number of benzene rings is 2. The second kappa shape index (κ2) is 9.68. The number of piperidine rings is 1. The Balaban J connectivity index is 1.26. The summed E-state index contributed by atoms with van der Waals surface area (Å²) in [5, 5.41) is 11.8. The molecule has 166 valence electrons. The van der Waals surface area contributed by atoms with E-state index in [4.69, 9.17) is 9.84 Å². The van der Waals surface area contributed by atoms with E-state index in [1.165, 1.54) is 22.1 Å². The Hall–Kier alpha value is -3.61. The number of hydrogen-bond donors (Lipinski definition) is 2. The van der Waals surface area contributed by atoms with Gasteiger partial charge in [-0.15, -0.1) is 0 Å². The van der Waals surface area contributed by atoms with Crippen LogP contribution < -0.4 is 5.32 Å². The molecule has 0 saturated carbocycles. The van der Waals surface area contributed by atoms with Crippen molar-refractivity contribution in [2.24, 2.45) is 5.92 Å². The fourth-order valence-electron chi connectivity index (χ4n) is 4.44. The molecule has 7 nitrogen and oxygen atoms in total. The van der Waals surface area contributed by atoms with Crippen molar-refractivity contribution in [2.45, 2.75) is 18.8 Å². The molecule has 0 spiro atoms. The van der Waals surface area contributed by atoms with Crippen LogP contribution in [0.2, 0.25) is 0 Å². The lowest BCUT2D eigenvalue weighted by atomic mass is 9.98. The zero-order valence-electron chi connectivity index (χ0n) is 17.7. The topological polar surface area (TPSA) is 95.9 Å². The maximum Gasteiger partial charge on any atom is 0.407 e. The highest BCUT2D eigenvalue weighted by atomic mass is 16.5. The first-order valence-corrected chi connectivity index (χ1v) is 10.8. The molecular weight excluding hydrogens is 408 g/mol. The maximum atomic E-state index is 12.2. The predicted molar refractivity (Wildman–Crippen MR) is 119 cm³/mol. The fraction of sp³-hybridized carbons (Fsp3) is 0.320. The summed E-state index contributed by atoms with van der Waals surface area (Å²) in [5.74, 6) is -1.64. The van der Waals surface area contributed by atoms with Gasteiger partial charge in [0.15, 0.2) is 0 Å². The zero-order valence-corrected chi connectivity index (χ0v) is 17.7. The van der Waals surface area contributed by atoms with E-state index < -0.39 is 18.0 Å². The van der Waals surface area contributed by atoms with Crippen molar-refractivity contribution < 1.29 is 24.2 Å². The zero-order chi connectivity index (χ0) is 22.5. The number of hydrogen-bond acceptors (Lipinski definition) is 4. The van der Waals surface area contributed by atoms with Crippen LogP contribution >= 0.6 is 0 Å². The number of amides is 2. The molecule has 0 unspecified atom stereocenters. The normalized spacial score (nSPS) is 17.6. The van der Waals surface area contributed by atoms with Gasteiger partial charge in [-0.25, -0.2) is 4.79 Å². The van der Waals surface area contributed by atoms with E-state index in [1.54, 1.807) is 6.08 Å². The Kier molecular flexibility index (Phi) is 6.54. The van der Waals surface area contributed by atoms with Crippen LogP contribution in [0.4, 0.5) is 4.79 Å². The largest absolute Gasteiger partial charge is 0.481 e. The Labute approximate surface area is 186 Å². The van der Waals surface area contributed by atoms with Gasteiger partial charge in [0.05, 0.1) is 5.92 Å². The molecule has 1 saturated heterocycles. The summed E-state index contributed by atoms with van der Waals surface area (Å²) in [6.45, 7) is 1.15. The van der Waals surface area contributed by atoms with Crippen LogP contribution in [0.5, 0.6) is 0 Å². The highest BCUT2D eigenvalue weighted by Crippen LogP contribution is 2.44. The summed E-state index contributed by atoms with van der Waals surface area (Å²) in [5.41, 5.74) is 4.63. The van der Waals surface area contributed by atoms with Crippen molar-refractivity contribution in [3.63, 3.8) is 0 Å². The van der Waals surface area contributed by atoms with Crippen LogP contribution in [0.1, 0.15) is 29.9 Å². The molecule has 1 fully saturated rings. The lowest BCUT2D eigenvalue weighted by Gasteiger charge is -2.29. The van der Waals surface area contributed by atoms with Gasteiger partial charge >= 0.3 is 12.1 Å². The van der Waals surface area contributed by atoms with Gasteiger partial charge in [0.2, 0.25) is 5.91 Å². The molecule has 32 heavy (non-hydrogen) atoms. The van der Waals surface area contributed by atoms with E-state index in [9.17, 15) is 14.4 Å². The van der Waals surface area contributed by atoms with Gasteiger partial charge in [-0.1, -0.05) is 54.6 Å². The van der Waals surface area contributed by atoms with Crippen LogP contribution in [0.3, 0.4) is 0 Å². The minimum absolute atomic E-state index is 0.00782. The molecule has 0 radical (unpaired) electrons. The number of fused-ring (bicyclic) bond motifs is 3. The van der Waals surface area contributed by atoms with Crippen molar-refractivity contribution in [1.29, 1.82) is 0 Å². The molecule has 7 heteroatoms. The van der Waals surface area contributed by atoms with E-state index in [-0.39, 0.29) is 31.5 Å². The SMILES string of the molecule is O=C(NC/C=C/C(=O)N1CCC[C@H](C(=O)O)C1)OCC1c2ccccc2-c2ccccc21. The second-order valence-electron chi connectivity index (χ2n) is 8.07. The Bertz CT molecular complexity index is 1000. The van der Waals surface area contributed by atoms with Crippen LogP contribution in [0.15, 0.2) is 60.7 Å². The number of carboxylic acids is 1. The average molecular weight is 434 g/mol. The van der Waals surface area contributed by atoms with Crippen LogP contribution in [0.25, 0.3) is 11.1 Å². The van der Waals surface area contributed by atoms with Crippen LogP contribution in [-0.4, -0.2) is 54.2 Å². The van der Waals surface area contributed by atoms with Crippen molar-refractivity contribution in [3.05, 3.63) is 71.8 Å². The summed E-state index contributed by atoms with van der Waals surface area (Å²) in [4.78, 5) is 37.1. The Morgan fingerprint density at radius 3 is 2.38 bits per heavy atom. The first-order chi connectivity index (χ1) is 15.5. The second-order valence-corrected chi connectivity index (χ2v) is 8.07. The molecule has 2 aromatic rings. The van der Waals surface area contributed by atoms with Gasteiger partial charge in [-0.05, 0) is 35.1 Å². The minimum atomic E-state index is -0.872. The number of nitrogens with one attached hydrogen (secondary N) is 1. The van der Waals surface area contributed by atoms with Gasteiger partial charge in [0.25, 0.3) is 0 Å². The summed E-state index contributed by atoms with van der Waals surface area (Å²) in [6.07, 6.45) is 3.64. The minimum Gasteiger partial charge on any atom is -0.481 e. The van der Waals surface area contributed by atoms with Gasteiger partial charge in [0.1, 0.15) is 6.61 Å². The molecule has 2 N–H and O–H groups in total. The number of nitrogens with zero attached hydrogens (tertiary/aromatic N) is 1. The lowest BCUT2D eigenvalue weighted by molar-refractivity contribution is -0.144. The third kappa shape index (κ3) is 4.66. The van der Waals surface area contributed by atoms with Crippen LogP contribution in [-0.2, 0) is 14.3 Å². The first kappa shape index (κ1) is 21.6. The Morgan fingerprint density at radius 1 is 1.06 bits per heavy atom. The first-order valence-electron chi connectivity index (χ1n) is 10.8. The highest BCUT2D eigenvalue weighted by Gasteiger charge is 2.29. The van der Waals surface area contributed by atoms with Gasteiger partial charge in [0, 0.05) is 31.6 Å². The molecule has 1 heterocycles. The van der Waals surface area contributed by atoms with E-state index in [0.29, 0.717) is 19.4 Å². The molecule has 2 amide bonds. The standard InChI is InChI=1S/C25H26N2O5/c28-23(27-14-6-7-17(15-27)24(29)30)12-5-13-26-25(31)32-16-22-20-10-3-1-8-18(20)19-9-2-4-11-21(19)22/h1-5,8-12,17,22H,6-7,13-16H2,(H,26,31)(H,29,30)/b12-5+/t17-/m0/s1. The quantitative estimate of drug-likeness (QED) is 0.680. The molecule has 0 aromatic heterocycles. The van der Waals surface area contributed by atoms with Crippen molar-refractivity contribution in [3.8, 4) is 11.1 Å². The molecule has 4 rings (SSSR count). The van der Waals surface area contributed by atoms with E-state index in [1.807, 2.05) is 24.3 Å². The van der Waals surface area contributed by atoms with Crippen molar-refractivity contribution in [2.75, 3.05) is 26.2 Å². The smallest absolute Gasteiger partial charge is 0.407 e. The third-order valence-electron chi connectivity index (χ3n) is 6.05. The number of aliphatic carboxylic acids is 1. The van der Waals surface area contributed by atoms with E-state index in [0.717, 1.165) is 11.1 Å². The molecule has 1 aliphatic carbocycles. The number of carboxylic acid groups (broad SMARTS) is 1. The number of alkyl carbamates (subject to hydrolysis) is 1. The number of rotatable bonds is 6. The molecule has 1 aliphatic heterocycles. The van der Waals surface area contributed by atoms with Gasteiger partial charge < -0.3 is 20.1 Å². The predicted octanol–water partition coefficient (Wildman–Crippen LogP) is 3.40. The lowest BCUT2D eigenvalue weighted by Crippen LogP contribution is -2.41. The third-order valence-corrected chi connectivity index (χ3v) is 6.05. The highest BCUT2D eigenvalue weighted by molar-refractivity contribution is 5.88. The summed E-state index contributed by atoms with van der Waals surface area (Å²) in [6, 6.07) is 16.3. The average Bonchev–Trinajstić information content (AvgIpc) is 3.14. The van der Waals surface area contributed by atoms with Crippen molar-refractivity contribution >= 4 is 18.0 Å². The van der Waals surface area contributed by atoms with E-state index >= 15 is 0 Å². The molecule has 1 atom stereocenters.